The third kappa shape index (κ3) is 3.98. The van der Waals surface area contributed by atoms with Gasteiger partial charge in [0.25, 0.3) is 0 Å². The zero-order valence-corrected chi connectivity index (χ0v) is 13.3. The van der Waals surface area contributed by atoms with Crippen LogP contribution in [0.5, 0.6) is 0 Å². The molecule has 1 heterocycles. The van der Waals surface area contributed by atoms with Gasteiger partial charge in [-0.25, -0.2) is 0 Å². The molecule has 0 aromatic rings. The van der Waals surface area contributed by atoms with Gasteiger partial charge in [0.15, 0.2) is 0 Å². The Morgan fingerprint density at radius 2 is 1.76 bits per heavy atom. The summed E-state index contributed by atoms with van der Waals surface area (Å²) >= 11 is 0. The van der Waals surface area contributed by atoms with Crippen LogP contribution in [-0.4, -0.2) is 35.0 Å². The number of hydrogen-bond acceptors (Lipinski definition) is 2. The van der Waals surface area contributed by atoms with E-state index >= 15 is 0 Å². The molecule has 0 spiro atoms. The second kappa shape index (κ2) is 7.28. The first-order valence-corrected chi connectivity index (χ1v) is 8.58. The van der Waals surface area contributed by atoms with Crippen molar-refractivity contribution in [3.63, 3.8) is 0 Å². The van der Waals surface area contributed by atoms with E-state index in [1.807, 2.05) is 4.90 Å². The lowest BCUT2D eigenvalue weighted by atomic mass is 9.71. The van der Waals surface area contributed by atoms with Crippen LogP contribution in [0.2, 0.25) is 0 Å². The Balaban J connectivity index is 1.90. The van der Waals surface area contributed by atoms with Gasteiger partial charge in [-0.1, -0.05) is 39.0 Å². The summed E-state index contributed by atoms with van der Waals surface area (Å²) in [6.45, 7) is 3.84. The van der Waals surface area contributed by atoms with Gasteiger partial charge in [-0.05, 0) is 31.6 Å². The van der Waals surface area contributed by atoms with E-state index in [1.165, 1.54) is 12.8 Å². The summed E-state index contributed by atoms with van der Waals surface area (Å²) in [5, 5.41) is 9.58. The molecule has 1 aliphatic carbocycles. The number of rotatable bonds is 5. The van der Waals surface area contributed by atoms with Crippen molar-refractivity contribution in [1.29, 1.82) is 0 Å². The van der Waals surface area contributed by atoms with Gasteiger partial charge in [0.1, 0.15) is 0 Å². The van der Waals surface area contributed by atoms with E-state index in [0.29, 0.717) is 12.8 Å². The molecular formula is C17H29NO3. The van der Waals surface area contributed by atoms with E-state index in [0.717, 1.165) is 51.1 Å². The van der Waals surface area contributed by atoms with Crippen LogP contribution < -0.4 is 0 Å². The van der Waals surface area contributed by atoms with Gasteiger partial charge in [-0.15, -0.1) is 0 Å². The SMILES string of the molecule is CCCC1CCN(C(=O)CC2(C(=O)O)CCCCC2)CC1. The van der Waals surface area contributed by atoms with Gasteiger partial charge < -0.3 is 10.0 Å². The Hall–Kier alpha value is -1.06. The summed E-state index contributed by atoms with van der Waals surface area (Å²) in [4.78, 5) is 26.1. The highest BCUT2D eigenvalue weighted by atomic mass is 16.4. The Bertz CT molecular complexity index is 366. The number of carboxylic acid groups (broad SMARTS) is 1. The second-order valence-electron chi connectivity index (χ2n) is 6.94. The molecule has 120 valence electrons. The van der Waals surface area contributed by atoms with Gasteiger partial charge in [0.2, 0.25) is 5.91 Å². The topological polar surface area (TPSA) is 57.6 Å². The van der Waals surface area contributed by atoms with Gasteiger partial charge in [-0.3, -0.25) is 9.59 Å². The van der Waals surface area contributed by atoms with E-state index in [1.54, 1.807) is 0 Å². The highest BCUT2D eigenvalue weighted by molar-refractivity contribution is 5.85. The van der Waals surface area contributed by atoms with Gasteiger partial charge in [0.05, 0.1) is 5.41 Å². The molecule has 0 aromatic heterocycles. The maximum atomic E-state index is 12.5. The number of aliphatic carboxylic acids is 1. The number of likely N-dealkylation sites (tertiary alicyclic amines) is 1. The van der Waals surface area contributed by atoms with Crippen LogP contribution in [0, 0.1) is 11.3 Å². The zero-order chi connectivity index (χ0) is 15.3. The maximum Gasteiger partial charge on any atom is 0.310 e. The second-order valence-corrected chi connectivity index (χ2v) is 6.94. The number of hydrogen-bond donors (Lipinski definition) is 1. The van der Waals surface area contributed by atoms with Crippen molar-refractivity contribution < 1.29 is 14.7 Å². The van der Waals surface area contributed by atoms with Crippen molar-refractivity contribution in [3.05, 3.63) is 0 Å². The van der Waals surface area contributed by atoms with Crippen molar-refractivity contribution in [2.24, 2.45) is 11.3 Å². The molecule has 1 aliphatic heterocycles. The molecule has 0 bridgehead atoms. The van der Waals surface area contributed by atoms with Crippen LogP contribution in [0.4, 0.5) is 0 Å². The average molecular weight is 295 g/mol. The van der Waals surface area contributed by atoms with Crippen molar-refractivity contribution in [1.82, 2.24) is 4.90 Å². The molecule has 2 fully saturated rings. The van der Waals surface area contributed by atoms with Crippen molar-refractivity contribution in [3.8, 4) is 0 Å². The lowest BCUT2D eigenvalue weighted by Gasteiger charge is -2.37. The lowest BCUT2D eigenvalue weighted by molar-refractivity contribution is -0.156. The molecule has 0 radical (unpaired) electrons. The molecule has 2 rings (SSSR count). The first kappa shape index (κ1) is 16.3. The monoisotopic (exact) mass is 295 g/mol. The fourth-order valence-electron chi connectivity index (χ4n) is 3.98. The molecule has 1 amide bonds. The van der Waals surface area contributed by atoms with E-state index in [2.05, 4.69) is 6.92 Å². The minimum Gasteiger partial charge on any atom is -0.481 e. The van der Waals surface area contributed by atoms with E-state index in [9.17, 15) is 14.7 Å². The van der Waals surface area contributed by atoms with E-state index < -0.39 is 11.4 Å². The number of nitrogens with zero attached hydrogens (tertiary/aromatic N) is 1. The summed E-state index contributed by atoms with van der Waals surface area (Å²) in [6.07, 6.45) is 9.16. The Kier molecular flexibility index (Phi) is 5.65. The van der Waals surface area contributed by atoms with Crippen LogP contribution in [0.3, 0.4) is 0 Å². The molecule has 1 saturated carbocycles. The molecule has 4 heteroatoms. The predicted octanol–water partition coefficient (Wildman–Crippen LogP) is 3.45. The molecular weight excluding hydrogens is 266 g/mol. The molecule has 2 aliphatic rings. The maximum absolute atomic E-state index is 12.5. The highest BCUT2D eigenvalue weighted by Crippen LogP contribution is 2.40. The van der Waals surface area contributed by atoms with Crippen LogP contribution in [0.25, 0.3) is 0 Å². The van der Waals surface area contributed by atoms with Crippen molar-refractivity contribution in [2.45, 2.75) is 71.1 Å². The smallest absolute Gasteiger partial charge is 0.310 e. The number of carbonyl (C=O) groups excluding carboxylic acids is 1. The lowest BCUT2D eigenvalue weighted by Crippen LogP contribution is -2.44. The number of carbonyl (C=O) groups is 2. The first-order chi connectivity index (χ1) is 10.1. The highest BCUT2D eigenvalue weighted by Gasteiger charge is 2.42. The summed E-state index contributed by atoms with van der Waals surface area (Å²) in [5.41, 5.74) is -0.782. The molecule has 0 atom stereocenters. The quantitative estimate of drug-likeness (QED) is 0.845. The standard InChI is InChI=1S/C17H29NO3/c1-2-6-14-7-11-18(12-8-14)15(19)13-17(16(20)21)9-4-3-5-10-17/h14H,2-13H2,1H3,(H,20,21). The van der Waals surface area contributed by atoms with E-state index in [-0.39, 0.29) is 12.3 Å². The van der Waals surface area contributed by atoms with Crippen LogP contribution >= 0.6 is 0 Å². The number of carboxylic acids is 1. The molecule has 0 aromatic carbocycles. The fourth-order valence-corrected chi connectivity index (χ4v) is 3.98. The Labute approximate surface area is 127 Å². The minimum absolute atomic E-state index is 0.0641. The van der Waals surface area contributed by atoms with Crippen LogP contribution in [-0.2, 0) is 9.59 Å². The van der Waals surface area contributed by atoms with Crippen LogP contribution in [0.1, 0.15) is 71.1 Å². The third-order valence-corrected chi connectivity index (χ3v) is 5.42. The molecule has 21 heavy (non-hydrogen) atoms. The summed E-state index contributed by atoms with van der Waals surface area (Å²) in [6, 6.07) is 0. The van der Waals surface area contributed by atoms with Gasteiger partial charge >= 0.3 is 5.97 Å². The largest absolute Gasteiger partial charge is 0.481 e. The molecule has 4 nitrogen and oxygen atoms in total. The zero-order valence-electron chi connectivity index (χ0n) is 13.3. The number of piperidine rings is 1. The first-order valence-electron chi connectivity index (χ1n) is 8.58. The molecule has 1 saturated heterocycles. The summed E-state index contributed by atoms with van der Waals surface area (Å²) < 4.78 is 0. The molecule has 0 unspecified atom stereocenters. The predicted molar refractivity (Wildman–Crippen MR) is 82.0 cm³/mol. The molecule has 1 N–H and O–H groups in total. The fraction of sp³-hybridized carbons (Fsp3) is 0.882. The normalized spacial score (nSPS) is 23.0. The van der Waals surface area contributed by atoms with Crippen molar-refractivity contribution >= 4 is 11.9 Å². The third-order valence-electron chi connectivity index (χ3n) is 5.42. The van der Waals surface area contributed by atoms with Gasteiger partial charge in [0, 0.05) is 19.5 Å². The van der Waals surface area contributed by atoms with Crippen molar-refractivity contribution in [2.75, 3.05) is 13.1 Å². The average Bonchev–Trinajstić information content (AvgIpc) is 2.49. The summed E-state index contributed by atoms with van der Waals surface area (Å²) in [7, 11) is 0. The van der Waals surface area contributed by atoms with E-state index in [4.69, 9.17) is 0 Å². The summed E-state index contributed by atoms with van der Waals surface area (Å²) in [5.74, 6) is 0.0489. The van der Waals surface area contributed by atoms with Crippen LogP contribution in [0.15, 0.2) is 0 Å². The van der Waals surface area contributed by atoms with Gasteiger partial charge in [-0.2, -0.15) is 0 Å². The Morgan fingerprint density at radius 1 is 1.14 bits per heavy atom. The Morgan fingerprint density at radius 3 is 2.29 bits per heavy atom. The minimum atomic E-state index is -0.782. The number of amides is 1.